The molecule has 0 aromatic carbocycles. The SMILES string of the molecule is CC[C@@H](CO)N1C(=O)[C@@H]2[C@H]3C(=O)N(C)CC=C[C@H]3S[C@@]23C=CCN(C(C)(C)C)C(=O)C13. The summed E-state index contributed by atoms with van der Waals surface area (Å²) in [4.78, 5) is 46.4. The average molecular weight is 448 g/mol. The van der Waals surface area contributed by atoms with Crippen LogP contribution in [0.15, 0.2) is 24.3 Å². The van der Waals surface area contributed by atoms with Crippen molar-refractivity contribution < 1.29 is 19.5 Å². The summed E-state index contributed by atoms with van der Waals surface area (Å²) in [6.45, 7) is 8.67. The molecule has 1 spiro atoms. The number of carbonyl (C=O) groups is 3. The number of amides is 3. The van der Waals surface area contributed by atoms with Gasteiger partial charge in [-0.2, -0.15) is 0 Å². The van der Waals surface area contributed by atoms with Crippen LogP contribution < -0.4 is 0 Å². The zero-order valence-corrected chi connectivity index (χ0v) is 19.8. The number of aliphatic hydroxyl groups is 1. The van der Waals surface area contributed by atoms with Gasteiger partial charge in [-0.05, 0) is 27.2 Å². The van der Waals surface area contributed by atoms with Gasteiger partial charge in [-0.1, -0.05) is 31.2 Å². The van der Waals surface area contributed by atoms with E-state index in [1.807, 2.05) is 56.9 Å². The lowest BCUT2D eigenvalue weighted by molar-refractivity contribution is -0.148. The van der Waals surface area contributed by atoms with Crippen LogP contribution in [0.3, 0.4) is 0 Å². The number of likely N-dealkylation sites (tertiary alicyclic amines) is 1. The zero-order valence-electron chi connectivity index (χ0n) is 18.9. The minimum atomic E-state index is -0.815. The summed E-state index contributed by atoms with van der Waals surface area (Å²) in [5.41, 5.74) is -0.413. The molecule has 0 aromatic rings. The number of likely N-dealkylation sites (N-methyl/N-ethyl adjacent to an activating group) is 1. The fraction of sp³-hybridized carbons (Fsp3) is 0.696. The first-order valence-corrected chi connectivity index (χ1v) is 12.0. The first kappa shape index (κ1) is 22.4. The zero-order chi connectivity index (χ0) is 22.7. The molecule has 6 atom stereocenters. The van der Waals surface area contributed by atoms with Crippen molar-refractivity contribution in [3.05, 3.63) is 24.3 Å². The van der Waals surface area contributed by atoms with Crippen LogP contribution in [-0.4, -0.2) is 91.9 Å². The number of nitrogens with zero attached hydrogens (tertiary/aromatic N) is 3. The molecule has 4 aliphatic heterocycles. The van der Waals surface area contributed by atoms with Crippen molar-refractivity contribution >= 4 is 29.5 Å². The Balaban J connectivity index is 1.89. The molecular weight excluding hydrogens is 414 g/mol. The number of rotatable bonds is 3. The van der Waals surface area contributed by atoms with Crippen LogP contribution in [0.4, 0.5) is 0 Å². The number of carbonyl (C=O) groups excluding carboxylic acids is 3. The third-order valence-electron chi connectivity index (χ3n) is 7.18. The second-order valence-corrected chi connectivity index (χ2v) is 11.5. The molecule has 8 heteroatoms. The highest BCUT2D eigenvalue weighted by Crippen LogP contribution is 2.61. The summed E-state index contributed by atoms with van der Waals surface area (Å²) in [5.74, 6) is -1.46. The maximum Gasteiger partial charge on any atom is 0.247 e. The van der Waals surface area contributed by atoms with Gasteiger partial charge in [-0.15, -0.1) is 11.8 Å². The molecule has 170 valence electrons. The molecule has 4 aliphatic rings. The van der Waals surface area contributed by atoms with Gasteiger partial charge < -0.3 is 19.8 Å². The van der Waals surface area contributed by atoms with E-state index in [9.17, 15) is 19.5 Å². The van der Waals surface area contributed by atoms with E-state index < -0.39 is 34.2 Å². The average Bonchev–Trinajstić information content (AvgIpc) is 3.02. The van der Waals surface area contributed by atoms with Crippen molar-refractivity contribution in [3.63, 3.8) is 0 Å². The fourth-order valence-corrected chi connectivity index (χ4v) is 7.61. The Morgan fingerprint density at radius 3 is 2.48 bits per heavy atom. The molecule has 2 saturated heterocycles. The second kappa shape index (κ2) is 7.66. The molecule has 31 heavy (non-hydrogen) atoms. The number of fused-ring (bicyclic) bond motifs is 2. The Bertz CT molecular complexity index is 846. The molecule has 0 aromatic heterocycles. The summed E-state index contributed by atoms with van der Waals surface area (Å²) in [6, 6.07) is -1.19. The summed E-state index contributed by atoms with van der Waals surface area (Å²) in [7, 11) is 1.76. The Labute approximate surface area is 188 Å². The van der Waals surface area contributed by atoms with Gasteiger partial charge >= 0.3 is 0 Å². The molecule has 0 saturated carbocycles. The van der Waals surface area contributed by atoms with Crippen LogP contribution in [0.1, 0.15) is 34.1 Å². The van der Waals surface area contributed by atoms with Crippen molar-refractivity contribution in [2.24, 2.45) is 11.8 Å². The Hall–Kier alpha value is -1.80. The van der Waals surface area contributed by atoms with E-state index in [2.05, 4.69) is 0 Å². The van der Waals surface area contributed by atoms with Gasteiger partial charge in [0.1, 0.15) is 6.04 Å². The minimum absolute atomic E-state index is 0.0480. The van der Waals surface area contributed by atoms with E-state index in [0.717, 1.165) is 0 Å². The van der Waals surface area contributed by atoms with E-state index in [1.165, 1.54) is 0 Å². The Morgan fingerprint density at radius 2 is 1.87 bits per heavy atom. The predicted octanol–water partition coefficient (Wildman–Crippen LogP) is 1.28. The number of hydrogen-bond acceptors (Lipinski definition) is 5. The smallest absolute Gasteiger partial charge is 0.247 e. The van der Waals surface area contributed by atoms with Crippen LogP contribution in [0.5, 0.6) is 0 Å². The first-order chi connectivity index (χ1) is 14.6. The van der Waals surface area contributed by atoms with Crippen LogP contribution in [0, 0.1) is 11.8 Å². The van der Waals surface area contributed by atoms with Crippen LogP contribution in [0.25, 0.3) is 0 Å². The largest absolute Gasteiger partial charge is 0.394 e. The van der Waals surface area contributed by atoms with Crippen LogP contribution in [-0.2, 0) is 14.4 Å². The van der Waals surface area contributed by atoms with E-state index in [1.54, 1.807) is 28.6 Å². The maximum absolute atomic E-state index is 14.0. The quantitative estimate of drug-likeness (QED) is 0.660. The molecule has 0 aliphatic carbocycles. The number of thioether (sulfide) groups is 1. The van der Waals surface area contributed by atoms with Gasteiger partial charge in [0.15, 0.2) is 0 Å². The minimum Gasteiger partial charge on any atom is -0.394 e. The molecule has 4 heterocycles. The highest BCUT2D eigenvalue weighted by molar-refractivity contribution is 8.02. The van der Waals surface area contributed by atoms with E-state index in [-0.39, 0.29) is 29.6 Å². The van der Waals surface area contributed by atoms with Gasteiger partial charge in [-0.3, -0.25) is 14.4 Å². The van der Waals surface area contributed by atoms with E-state index in [0.29, 0.717) is 19.5 Å². The second-order valence-electron chi connectivity index (χ2n) is 10.0. The predicted molar refractivity (Wildman–Crippen MR) is 120 cm³/mol. The third kappa shape index (κ3) is 3.17. The molecule has 1 unspecified atom stereocenters. The maximum atomic E-state index is 14.0. The van der Waals surface area contributed by atoms with Crippen molar-refractivity contribution in [1.82, 2.24) is 14.7 Å². The molecule has 0 bridgehead atoms. The highest BCUT2D eigenvalue weighted by atomic mass is 32.2. The van der Waals surface area contributed by atoms with Gasteiger partial charge in [0, 0.05) is 30.9 Å². The summed E-state index contributed by atoms with van der Waals surface area (Å²) >= 11 is 1.58. The number of aliphatic hydroxyl groups excluding tert-OH is 1. The lowest BCUT2D eigenvalue weighted by atomic mass is 9.78. The Kier molecular flexibility index (Phi) is 5.53. The van der Waals surface area contributed by atoms with Crippen LogP contribution in [0.2, 0.25) is 0 Å². The molecule has 0 radical (unpaired) electrons. The van der Waals surface area contributed by atoms with Gasteiger partial charge in [0.05, 0.1) is 29.2 Å². The van der Waals surface area contributed by atoms with Gasteiger partial charge in [0.25, 0.3) is 0 Å². The summed E-state index contributed by atoms with van der Waals surface area (Å²) < 4.78 is -0.815. The van der Waals surface area contributed by atoms with Crippen molar-refractivity contribution in [3.8, 4) is 0 Å². The van der Waals surface area contributed by atoms with Crippen LogP contribution >= 0.6 is 11.8 Å². The van der Waals surface area contributed by atoms with Gasteiger partial charge in [-0.25, -0.2) is 0 Å². The highest BCUT2D eigenvalue weighted by Gasteiger charge is 2.71. The molecule has 4 rings (SSSR count). The van der Waals surface area contributed by atoms with E-state index in [4.69, 9.17) is 0 Å². The Morgan fingerprint density at radius 1 is 1.16 bits per heavy atom. The first-order valence-electron chi connectivity index (χ1n) is 11.1. The monoisotopic (exact) mass is 447 g/mol. The molecule has 7 nitrogen and oxygen atoms in total. The van der Waals surface area contributed by atoms with Crippen molar-refractivity contribution in [2.45, 2.75) is 61.7 Å². The summed E-state index contributed by atoms with van der Waals surface area (Å²) in [5, 5.41) is 9.93. The molecule has 2 fully saturated rings. The number of hydrogen-bond donors (Lipinski definition) is 1. The third-order valence-corrected chi connectivity index (χ3v) is 8.93. The lowest BCUT2D eigenvalue weighted by Crippen LogP contribution is -2.59. The summed E-state index contributed by atoms with van der Waals surface area (Å²) in [6.07, 6.45) is 8.57. The topological polar surface area (TPSA) is 81.2 Å². The lowest BCUT2D eigenvalue weighted by Gasteiger charge is -2.42. The molecule has 3 amide bonds. The fourth-order valence-electron chi connectivity index (χ4n) is 5.61. The van der Waals surface area contributed by atoms with Crippen molar-refractivity contribution in [2.75, 3.05) is 26.7 Å². The van der Waals surface area contributed by atoms with E-state index >= 15 is 0 Å². The van der Waals surface area contributed by atoms with Gasteiger partial charge in [0.2, 0.25) is 17.7 Å². The molecule has 1 N–H and O–H groups in total. The standard InChI is InChI=1S/C23H33N3O4S/c1-6-14(13-27)26-18-21(30)25(22(2,3)4)12-8-10-23(18)17(20(26)29)16-15(31-23)9-7-11-24(5)19(16)28/h7-10,14-18,27H,6,11-13H2,1-5H3/t14-,15+,16-,17-,18?,23-/m0/s1. The molecular formula is C23H33N3O4S. The van der Waals surface area contributed by atoms with Crippen molar-refractivity contribution in [1.29, 1.82) is 0 Å². The normalized spacial score (nSPS) is 36.3.